The molecule has 0 aromatic rings. The molecule has 0 bridgehead atoms. The molecule has 0 aromatic carbocycles. The van der Waals surface area contributed by atoms with Gasteiger partial charge in [-0.3, -0.25) is 4.79 Å². The Morgan fingerprint density at radius 1 is 0.389 bits per heavy atom. The van der Waals surface area contributed by atoms with Crippen molar-refractivity contribution in [1.82, 2.24) is 9.32 Å². The second-order valence-electron chi connectivity index (χ2n) is 12.7. The van der Waals surface area contributed by atoms with Crippen molar-refractivity contribution in [2.75, 3.05) is 192 Å². The summed E-state index contributed by atoms with van der Waals surface area (Å²) < 4.78 is 77.7. The Bertz CT molecular complexity index is 850. The topological polar surface area (TPSA) is 153 Å². The first kappa shape index (κ1) is 51.2. The molecule has 1 aliphatic rings. The van der Waals surface area contributed by atoms with Crippen molar-refractivity contribution in [3.63, 3.8) is 0 Å². The van der Waals surface area contributed by atoms with Gasteiger partial charge in [0.25, 0.3) is 0 Å². The highest BCUT2D eigenvalue weighted by atomic mass is 35.5. The van der Waals surface area contributed by atoms with E-state index in [-0.39, 0.29) is 5.91 Å². The first-order chi connectivity index (χ1) is 26.3. The summed E-state index contributed by atoms with van der Waals surface area (Å²) in [6.45, 7) is 21.5. The van der Waals surface area contributed by atoms with E-state index < -0.39 is 11.2 Å². The fourth-order valence-electron chi connectivity index (χ4n) is 4.87. The molecular weight excluding hydrogens is 736 g/mol. The number of amides is 1. The van der Waals surface area contributed by atoms with Crippen LogP contribution >= 0.6 is 11.8 Å². The number of hydrogen-bond acceptors (Lipinski definition) is 16. The van der Waals surface area contributed by atoms with Crippen LogP contribution in [0.2, 0.25) is 0 Å². The van der Waals surface area contributed by atoms with Crippen LogP contribution in [-0.4, -0.2) is 218 Å². The molecule has 0 aliphatic carbocycles. The Kier molecular flexibility index (Phi) is 33.5. The first-order valence-corrected chi connectivity index (χ1v) is 19.4. The molecule has 322 valence electrons. The highest BCUT2D eigenvalue weighted by Crippen LogP contribution is 2.39. The van der Waals surface area contributed by atoms with Gasteiger partial charge in [0.15, 0.2) is 0 Å². The molecule has 0 N–H and O–H groups in total. The number of hydrogen-bond donors (Lipinski definition) is 0. The number of methoxy groups -OCH3 is 1. The molecule has 0 saturated carbocycles. The molecule has 1 amide bonds. The molecule has 0 atom stereocenters. The average Bonchev–Trinajstić information content (AvgIpc) is 3.27. The summed E-state index contributed by atoms with van der Waals surface area (Å²) in [5, 5.41) is 0. The van der Waals surface area contributed by atoms with Gasteiger partial charge in [0.2, 0.25) is 5.91 Å². The zero-order chi connectivity index (χ0) is 39.4. The summed E-state index contributed by atoms with van der Waals surface area (Å²) in [6, 6.07) is 0. The minimum absolute atomic E-state index is 0.00939. The number of halogens is 1. The van der Waals surface area contributed by atoms with Gasteiger partial charge in [0, 0.05) is 13.7 Å². The molecule has 1 saturated heterocycles. The maximum Gasteiger partial charge on any atom is 0.245 e. The molecular formula is C36H71ClN2O15. The normalized spacial score (nSPS) is 15.6. The molecule has 0 unspecified atom stereocenters. The Balaban J connectivity index is 1.67. The van der Waals surface area contributed by atoms with Crippen LogP contribution in [0.4, 0.5) is 0 Å². The zero-order valence-electron chi connectivity index (χ0n) is 33.7. The van der Waals surface area contributed by atoms with E-state index in [9.17, 15) is 4.79 Å². The lowest BCUT2D eigenvalue weighted by atomic mass is 10.1. The fraction of sp³-hybridized carbons (Fsp3) is 0.972. The van der Waals surface area contributed by atoms with Crippen LogP contribution in [0.3, 0.4) is 0 Å². The van der Waals surface area contributed by atoms with Crippen LogP contribution < -0.4 is 0 Å². The summed E-state index contributed by atoms with van der Waals surface area (Å²) in [4.78, 5) is 14.4. The average molecular weight is 807 g/mol. The third kappa shape index (κ3) is 26.1. The smallest absolute Gasteiger partial charge is 0.245 e. The molecule has 1 fully saturated rings. The lowest BCUT2D eigenvalue weighted by Gasteiger charge is -2.35. The van der Waals surface area contributed by atoms with Gasteiger partial charge in [0.1, 0.15) is 11.2 Å². The zero-order valence-corrected chi connectivity index (χ0v) is 34.5. The van der Waals surface area contributed by atoms with Crippen LogP contribution in [0.5, 0.6) is 0 Å². The van der Waals surface area contributed by atoms with E-state index in [4.69, 9.17) is 78.1 Å². The number of nitrogens with zero attached hydrogens (tertiary/aromatic N) is 2. The van der Waals surface area contributed by atoms with Gasteiger partial charge in [-0.15, -0.1) is 0 Å². The van der Waals surface area contributed by atoms with Crippen LogP contribution in [0.25, 0.3) is 0 Å². The number of carbonyl (C=O) groups is 1. The molecule has 1 rings (SSSR count). The van der Waals surface area contributed by atoms with Crippen molar-refractivity contribution in [3.05, 3.63) is 0 Å². The van der Waals surface area contributed by atoms with E-state index in [1.807, 2.05) is 27.7 Å². The summed E-state index contributed by atoms with van der Waals surface area (Å²) in [6.07, 6.45) is 0. The molecule has 0 radical (unpaired) electrons. The van der Waals surface area contributed by atoms with Crippen LogP contribution in [0.1, 0.15) is 27.7 Å². The van der Waals surface area contributed by atoms with Gasteiger partial charge >= 0.3 is 0 Å². The number of rotatable bonds is 42. The summed E-state index contributed by atoms with van der Waals surface area (Å²) in [5.41, 5.74) is -1.32. The van der Waals surface area contributed by atoms with Gasteiger partial charge in [0.05, 0.1) is 178 Å². The SMILES string of the molecule is COCCOCCOCCOCCOCCOCCOCCOCCOCCOCCOCCOCCOCCOCCN1C(=O)C(C)(C)N(Cl)C1(C)C. The van der Waals surface area contributed by atoms with E-state index >= 15 is 0 Å². The summed E-state index contributed by atoms with van der Waals surface area (Å²) in [7, 11) is 1.64. The van der Waals surface area contributed by atoms with Crippen molar-refractivity contribution < 1.29 is 71.1 Å². The van der Waals surface area contributed by atoms with Crippen molar-refractivity contribution in [1.29, 1.82) is 0 Å². The molecule has 0 spiro atoms. The molecule has 17 nitrogen and oxygen atoms in total. The van der Waals surface area contributed by atoms with Crippen LogP contribution in [0.15, 0.2) is 0 Å². The van der Waals surface area contributed by atoms with E-state index in [1.165, 1.54) is 0 Å². The quantitative estimate of drug-likeness (QED) is 0.0649. The monoisotopic (exact) mass is 806 g/mol. The Hall–Kier alpha value is -0.840. The third-order valence-corrected chi connectivity index (χ3v) is 8.59. The molecule has 18 heteroatoms. The Labute approximate surface area is 328 Å². The first-order valence-electron chi connectivity index (χ1n) is 19.0. The second kappa shape index (κ2) is 35.3. The minimum Gasteiger partial charge on any atom is -0.382 e. The standard InChI is InChI=1S/C36H71ClN2O15/c1-35(2)34(40)38(36(3,4)39(35)37)6-7-42-10-11-44-14-15-46-18-19-48-22-23-50-26-27-52-30-31-54-33-32-53-29-28-51-25-24-49-21-20-47-17-16-45-13-12-43-9-8-41-5/h6-33H2,1-5H3. The second-order valence-corrected chi connectivity index (χ2v) is 13.1. The Morgan fingerprint density at radius 3 is 0.778 bits per heavy atom. The van der Waals surface area contributed by atoms with Crippen molar-refractivity contribution in [2.45, 2.75) is 38.9 Å². The highest BCUT2D eigenvalue weighted by molar-refractivity contribution is 6.17. The maximum atomic E-state index is 12.7. The van der Waals surface area contributed by atoms with Crippen LogP contribution in [-0.2, 0) is 71.1 Å². The summed E-state index contributed by atoms with van der Waals surface area (Å²) in [5.74, 6) is -0.00939. The highest BCUT2D eigenvalue weighted by Gasteiger charge is 2.55. The van der Waals surface area contributed by atoms with Gasteiger partial charge in [-0.25, -0.2) is 0 Å². The summed E-state index contributed by atoms with van der Waals surface area (Å²) >= 11 is 6.39. The van der Waals surface area contributed by atoms with Gasteiger partial charge < -0.3 is 71.2 Å². The third-order valence-electron chi connectivity index (χ3n) is 7.76. The number of ether oxygens (including phenoxy) is 14. The predicted octanol–water partition coefficient (Wildman–Crippen LogP) is 1.66. The van der Waals surface area contributed by atoms with E-state index in [2.05, 4.69) is 0 Å². The van der Waals surface area contributed by atoms with Crippen molar-refractivity contribution in [3.8, 4) is 0 Å². The van der Waals surface area contributed by atoms with Crippen molar-refractivity contribution >= 4 is 17.7 Å². The van der Waals surface area contributed by atoms with E-state index in [0.717, 1.165) is 0 Å². The van der Waals surface area contributed by atoms with Gasteiger partial charge in [-0.1, -0.05) is 0 Å². The number of carbonyl (C=O) groups excluding carboxylic acids is 1. The molecule has 0 aromatic heterocycles. The largest absolute Gasteiger partial charge is 0.382 e. The molecule has 1 heterocycles. The van der Waals surface area contributed by atoms with Gasteiger partial charge in [-0.2, -0.15) is 4.42 Å². The van der Waals surface area contributed by atoms with Crippen molar-refractivity contribution in [2.24, 2.45) is 0 Å². The lowest BCUT2D eigenvalue weighted by Crippen LogP contribution is -2.47. The minimum atomic E-state index is -0.745. The molecule has 54 heavy (non-hydrogen) atoms. The fourth-order valence-corrected chi connectivity index (χ4v) is 5.03. The van der Waals surface area contributed by atoms with Gasteiger partial charge in [-0.05, 0) is 39.5 Å². The lowest BCUT2D eigenvalue weighted by molar-refractivity contribution is -0.134. The Morgan fingerprint density at radius 2 is 0.593 bits per heavy atom. The van der Waals surface area contributed by atoms with Crippen LogP contribution in [0, 0.1) is 0 Å². The van der Waals surface area contributed by atoms with E-state index in [1.54, 1.807) is 16.4 Å². The van der Waals surface area contributed by atoms with E-state index in [0.29, 0.717) is 185 Å². The predicted molar refractivity (Wildman–Crippen MR) is 200 cm³/mol. The maximum absolute atomic E-state index is 12.7. The molecule has 1 aliphatic heterocycles.